The van der Waals surface area contributed by atoms with Gasteiger partial charge in [0.2, 0.25) is 0 Å². The van der Waals surface area contributed by atoms with Crippen LogP contribution in [0.5, 0.6) is 0 Å². The van der Waals surface area contributed by atoms with Gasteiger partial charge in [0.1, 0.15) is 6.20 Å². The van der Waals surface area contributed by atoms with Gasteiger partial charge in [-0.05, 0) is 12.8 Å². The Morgan fingerprint density at radius 3 is 2.87 bits per heavy atom. The zero-order chi connectivity index (χ0) is 11.3. The Morgan fingerprint density at radius 2 is 2.27 bits per heavy atom. The van der Waals surface area contributed by atoms with Crippen molar-refractivity contribution in [2.45, 2.75) is 19.4 Å². The monoisotopic (exact) mass is 213 g/mol. The lowest BCUT2D eigenvalue weighted by Gasteiger charge is -2.02. The Balaban J connectivity index is 2.81. The predicted octanol–water partition coefficient (Wildman–Crippen LogP) is -0.0760. The molecule has 1 N–H and O–H groups in total. The minimum atomic E-state index is -0.602. The van der Waals surface area contributed by atoms with E-state index in [0.717, 1.165) is 12.4 Å². The van der Waals surface area contributed by atoms with Gasteiger partial charge >= 0.3 is 11.4 Å². The molecule has 1 aromatic rings. The molecule has 0 saturated heterocycles. The van der Waals surface area contributed by atoms with Crippen molar-refractivity contribution >= 4 is 5.69 Å². The topological polar surface area (TPSA) is 98.3 Å². The highest BCUT2D eigenvalue weighted by Crippen LogP contribution is 2.05. The molecule has 0 radical (unpaired) electrons. The second-order valence-electron chi connectivity index (χ2n) is 2.98. The van der Waals surface area contributed by atoms with Crippen LogP contribution in [0, 0.1) is 10.1 Å². The van der Waals surface area contributed by atoms with Crippen molar-refractivity contribution in [1.82, 2.24) is 9.55 Å². The third kappa shape index (κ3) is 3.13. The maximum atomic E-state index is 11.2. The van der Waals surface area contributed by atoms with Crippen molar-refractivity contribution in [2.75, 3.05) is 6.61 Å². The summed E-state index contributed by atoms with van der Waals surface area (Å²) in [6.45, 7) is 0.366. The molecule has 0 bridgehead atoms. The number of aromatic nitrogens is 2. The molecule has 0 saturated carbocycles. The van der Waals surface area contributed by atoms with Crippen LogP contribution in [-0.4, -0.2) is 26.2 Å². The van der Waals surface area contributed by atoms with E-state index < -0.39 is 10.6 Å². The predicted molar refractivity (Wildman–Crippen MR) is 51.5 cm³/mol. The van der Waals surface area contributed by atoms with Crippen LogP contribution in [0.1, 0.15) is 12.8 Å². The van der Waals surface area contributed by atoms with Gasteiger partial charge in [0.25, 0.3) is 0 Å². The molecule has 0 spiro atoms. The smallest absolute Gasteiger partial charge is 0.347 e. The van der Waals surface area contributed by atoms with Crippen LogP contribution < -0.4 is 5.69 Å². The van der Waals surface area contributed by atoms with E-state index in [-0.39, 0.29) is 12.3 Å². The fourth-order valence-electron chi connectivity index (χ4n) is 1.09. The SMILES string of the molecule is O=c1ncc([N+](=O)[O-])cn1CCCCO. The number of nitro groups is 1. The summed E-state index contributed by atoms with van der Waals surface area (Å²) in [6, 6.07) is 0. The van der Waals surface area contributed by atoms with Crippen LogP contribution in [0.15, 0.2) is 17.2 Å². The van der Waals surface area contributed by atoms with Crippen LogP contribution in [0.25, 0.3) is 0 Å². The third-order valence-electron chi connectivity index (χ3n) is 1.86. The lowest BCUT2D eigenvalue weighted by Crippen LogP contribution is -2.22. The average molecular weight is 213 g/mol. The highest BCUT2D eigenvalue weighted by atomic mass is 16.6. The van der Waals surface area contributed by atoms with Crippen LogP contribution in [0.3, 0.4) is 0 Å². The molecule has 1 rings (SSSR count). The average Bonchev–Trinajstić information content (AvgIpc) is 2.20. The molecule has 0 aliphatic carbocycles. The molecule has 1 heterocycles. The standard InChI is InChI=1S/C8H11N3O4/c12-4-2-1-3-10-6-7(11(14)15)5-9-8(10)13/h5-6,12H,1-4H2. The largest absolute Gasteiger partial charge is 0.396 e. The number of aliphatic hydroxyl groups is 1. The molecular weight excluding hydrogens is 202 g/mol. The normalized spacial score (nSPS) is 10.2. The number of aliphatic hydroxyl groups excluding tert-OH is 1. The zero-order valence-corrected chi connectivity index (χ0v) is 8.00. The molecule has 0 aliphatic heterocycles. The van der Waals surface area contributed by atoms with E-state index >= 15 is 0 Å². The number of hydrogen-bond acceptors (Lipinski definition) is 5. The van der Waals surface area contributed by atoms with Crippen LogP contribution in [-0.2, 0) is 6.54 Å². The summed E-state index contributed by atoms with van der Waals surface area (Å²) in [6.07, 6.45) is 3.23. The van der Waals surface area contributed by atoms with Gasteiger partial charge in [0, 0.05) is 13.2 Å². The van der Waals surface area contributed by atoms with Crippen molar-refractivity contribution in [1.29, 1.82) is 0 Å². The third-order valence-corrected chi connectivity index (χ3v) is 1.86. The van der Waals surface area contributed by atoms with Crippen molar-refractivity contribution in [2.24, 2.45) is 0 Å². The van der Waals surface area contributed by atoms with Crippen molar-refractivity contribution < 1.29 is 10.0 Å². The van der Waals surface area contributed by atoms with E-state index in [4.69, 9.17) is 5.11 Å². The number of hydrogen-bond donors (Lipinski definition) is 1. The van der Waals surface area contributed by atoms with E-state index in [1.165, 1.54) is 4.57 Å². The molecule has 0 amide bonds. The van der Waals surface area contributed by atoms with Crippen molar-refractivity contribution in [3.63, 3.8) is 0 Å². The van der Waals surface area contributed by atoms with Gasteiger partial charge in [-0.25, -0.2) is 4.79 Å². The highest BCUT2D eigenvalue weighted by Gasteiger charge is 2.08. The molecule has 7 nitrogen and oxygen atoms in total. The van der Waals surface area contributed by atoms with Gasteiger partial charge in [0.05, 0.1) is 11.1 Å². The summed E-state index contributed by atoms with van der Waals surface area (Å²) in [5, 5.41) is 18.9. The summed E-state index contributed by atoms with van der Waals surface area (Å²) >= 11 is 0. The first-order valence-electron chi connectivity index (χ1n) is 4.47. The first-order valence-corrected chi connectivity index (χ1v) is 4.47. The lowest BCUT2D eigenvalue weighted by molar-refractivity contribution is -0.385. The molecule has 82 valence electrons. The second kappa shape index (κ2) is 5.20. The number of rotatable bonds is 5. The summed E-state index contributed by atoms with van der Waals surface area (Å²) < 4.78 is 1.17. The molecule has 0 aromatic carbocycles. The fraction of sp³-hybridized carbons (Fsp3) is 0.500. The van der Waals surface area contributed by atoms with Gasteiger partial charge in [-0.2, -0.15) is 4.98 Å². The minimum Gasteiger partial charge on any atom is -0.396 e. The van der Waals surface area contributed by atoms with Crippen molar-refractivity contribution in [3.05, 3.63) is 33.0 Å². The van der Waals surface area contributed by atoms with Gasteiger partial charge in [-0.1, -0.05) is 0 Å². The molecule has 7 heteroatoms. The minimum absolute atomic E-state index is 0.0388. The first kappa shape index (κ1) is 11.3. The Kier molecular flexibility index (Phi) is 3.92. The Morgan fingerprint density at radius 1 is 1.53 bits per heavy atom. The van der Waals surface area contributed by atoms with E-state index in [1.54, 1.807) is 0 Å². The van der Waals surface area contributed by atoms with E-state index in [0.29, 0.717) is 19.4 Å². The maximum absolute atomic E-state index is 11.2. The van der Waals surface area contributed by atoms with E-state index in [2.05, 4.69) is 4.98 Å². The van der Waals surface area contributed by atoms with Gasteiger partial charge in [0.15, 0.2) is 0 Å². The summed E-state index contributed by atoms with van der Waals surface area (Å²) in [4.78, 5) is 24.3. The van der Waals surface area contributed by atoms with E-state index in [9.17, 15) is 14.9 Å². The quantitative estimate of drug-likeness (QED) is 0.419. The zero-order valence-electron chi connectivity index (χ0n) is 8.00. The number of unbranched alkanes of at least 4 members (excludes halogenated alkanes) is 1. The number of nitrogens with zero attached hydrogens (tertiary/aromatic N) is 3. The molecule has 0 atom stereocenters. The summed E-state index contributed by atoms with van der Waals surface area (Å²) in [5.74, 6) is 0. The van der Waals surface area contributed by atoms with Gasteiger partial charge in [-0.15, -0.1) is 0 Å². The Labute approximate surface area is 85.1 Å². The fourth-order valence-corrected chi connectivity index (χ4v) is 1.09. The summed E-state index contributed by atoms with van der Waals surface area (Å²) in [7, 11) is 0. The first-order chi connectivity index (χ1) is 7.15. The van der Waals surface area contributed by atoms with Crippen molar-refractivity contribution in [3.8, 4) is 0 Å². The van der Waals surface area contributed by atoms with Crippen LogP contribution in [0.4, 0.5) is 5.69 Å². The van der Waals surface area contributed by atoms with E-state index in [1.807, 2.05) is 0 Å². The summed E-state index contributed by atoms with van der Waals surface area (Å²) in [5.41, 5.74) is -0.725. The molecule has 0 aliphatic rings. The molecule has 1 aromatic heterocycles. The lowest BCUT2D eigenvalue weighted by atomic mass is 10.3. The van der Waals surface area contributed by atoms with Gasteiger partial charge < -0.3 is 5.11 Å². The number of aryl methyl sites for hydroxylation is 1. The van der Waals surface area contributed by atoms with Crippen LogP contribution >= 0.6 is 0 Å². The maximum Gasteiger partial charge on any atom is 0.347 e. The molecule has 15 heavy (non-hydrogen) atoms. The van der Waals surface area contributed by atoms with Gasteiger partial charge in [-0.3, -0.25) is 14.7 Å². The van der Waals surface area contributed by atoms with Crippen LogP contribution in [0.2, 0.25) is 0 Å². The molecular formula is C8H11N3O4. The Hall–Kier alpha value is -1.76. The molecule has 0 unspecified atom stereocenters. The second-order valence-corrected chi connectivity index (χ2v) is 2.98. The highest BCUT2D eigenvalue weighted by molar-refractivity contribution is 5.20. The Bertz CT molecular complexity index is 401. The molecule has 0 fully saturated rings.